The molecule has 24 heavy (non-hydrogen) atoms. The molecule has 0 saturated carbocycles. The Hall–Kier alpha value is -2.48. The monoisotopic (exact) mass is 329 g/mol. The standard InChI is InChI=1S/C16H19N5O3/c1-22-14-6-13(19-11-20-14)21-9-16(10-21)7-12(2-5-23-16)24-15-8-17-3-4-18-15/h3-4,6,8,11-12H,2,5,7,9-10H2,1H3. The highest BCUT2D eigenvalue weighted by Gasteiger charge is 2.48. The molecule has 4 rings (SSSR count). The maximum Gasteiger partial charge on any atom is 0.232 e. The number of hydrogen-bond acceptors (Lipinski definition) is 8. The van der Waals surface area contributed by atoms with Crippen molar-refractivity contribution in [2.45, 2.75) is 24.5 Å². The van der Waals surface area contributed by atoms with Gasteiger partial charge in [0.15, 0.2) is 0 Å². The summed E-state index contributed by atoms with van der Waals surface area (Å²) in [5, 5.41) is 0. The summed E-state index contributed by atoms with van der Waals surface area (Å²) in [7, 11) is 1.60. The molecule has 0 bridgehead atoms. The Kier molecular flexibility index (Phi) is 3.89. The second-order valence-electron chi connectivity index (χ2n) is 6.08. The minimum atomic E-state index is -0.177. The molecular weight excluding hydrogens is 310 g/mol. The average Bonchev–Trinajstić information content (AvgIpc) is 2.61. The van der Waals surface area contributed by atoms with Crippen LogP contribution < -0.4 is 14.4 Å². The molecule has 0 N–H and O–H groups in total. The molecule has 2 aliphatic rings. The summed E-state index contributed by atoms with van der Waals surface area (Å²) >= 11 is 0. The summed E-state index contributed by atoms with van der Waals surface area (Å²) < 4.78 is 17.1. The van der Waals surface area contributed by atoms with Crippen molar-refractivity contribution in [2.24, 2.45) is 0 Å². The van der Waals surface area contributed by atoms with Crippen molar-refractivity contribution in [3.63, 3.8) is 0 Å². The Bertz CT molecular complexity index is 693. The molecule has 4 heterocycles. The third-order valence-corrected chi connectivity index (χ3v) is 4.39. The van der Waals surface area contributed by atoms with Gasteiger partial charge in [-0.3, -0.25) is 4.98 Å². The molecule has 0 aliphatic carbocycles. The normalized spacial score (nSPS) is 22.0. The largest absolute Gasteiger partial charge is 0.481 e. The molecule has 1 unspecified atom stereocenters. The summed E-state index contributed by atoms with van der Waals surface area (Å²) in [6.45, 7) is 2.26. The Morgan fingerprint density at radius 2 is 2.12 bits per heavy atom. The van der Waals surface area contributed by atoms with E-state index >= 15 is 0 Å². The molecule has 8 heteroatoms. The SMILES string of the molecule is COc1cc(N2CC3(CC(Oc4cnccn4)CCO3)C2)ncn1. The number of nitrogens with zero attached hydrogens (tertiary/aromatic N) is 5. The van der Waals surface area contributed by atoms with Gasteiger partial charge in [-0.05, 0) is 0 Å². The van der Waals surface area contributed by atoms with Gasteiger partial charge in [-0.25, -0.2) is 15.0 Å². The fourth-order valence-corrected chi connectivity index (χ4v) is 3.25. The van der Waals surface area contributed by atoms with E-state index < -0.39 is 0 Å². The lowest BCUT2D eigenvalue weighted by molar-refractivity contribution is -0.126. The zero-order chi connectivity index (χ0) is 16.4. The van der Waals surface area contributed by atoms with Crippen molar-refractivity contribution in [3.05, 3.63) is 31.0 Å². The molecule has 2 saturated heterocycles. The lowest BCUT2D eigenvalue weighted by Gasteiger charge is -2.53. The quantitative estimate of drug-likeness (QED) is 0.824. The van der Waals surface area contributed by atoms with E-state index in [2.05, 4.69) is 24.8 Å². The highest BCUT2D eigenvalue weighted by Crippen LogP contribution is 2.37. The van der Waals surface area contributed by atoms with Crippen LogP contribution in [0.15, 0.2) is 31.0 Å². The zero-order valence-electron chi connectivity index (χ0n) is 13.5. The number of anilines is 1. The van der Waals surface area contributed by atoms with Crippen molar-refractivity contribution in [1.29, 1.82) is 0 Å². The van der Waals surface area contributed by atoms with Crippen LogP contribution in [0.2, 0.25) is 0 Å². The zero-order valence-corrected chi connectivity index (χ0v) is 13.5. The maximum absolute atomic E-state index is 6.05. The molecule has 2 aliphatic heterocycles. The van der Waals surface area contributed by atoms with Gasteiger partial charge in [0.05, 0.1) is 33.0 Å². The minimum Gasteiger partial charge on any atom is -0.481 e. The summed E-state index contributed by atoms with van der Waals surface area (Å²) in [5.74, 6) is 1.98. The molecule has 2 fully saturated rings. The highest BCUT2D eigenvalue weighted by molar-refractivity contribution is 5.46. The topological polar surface area (TPSA) is 82.5 Å². The van der Waals surface area contributed by atoms with E-state index in [1.807, 2.05) is 6.07 Å². The van der Waals surface area contributed by atoms with Crippen LogP contribution in [0, 0.1) is 0 Å². The van der Waals surface area contributed by atoms with Crippen molar-refractivity contribution in [3.8, 4) is 11.8 Å². The lowest BCUT2D eigenvalue weighted by atomic mass is 9.84. The Labute approximate surface area is 139 Å². The fourth-order valence-electron chi connectivity index (χ4n) is 3.25. The third kappa shape index (κ3) is 2.96. The predicted octanol–water partition coefficient (Wildman–Crippen LogP) is 1.09. The molecule has 0 aromatic carbocycles. The molecule has 2 aromatic rings. The summed E-state index contributed by atoms with van der Waals surface area (Å²) in [5.41, 5.74) is -0.177. The summed E-state index contributed by atoms with van der Waals surface area (Å²) in [4.78, 5) is 18.7. The summed E-state index contributed by atoms with van der Waals surface area (Å²) in [6.07, 6.45) is 8.22. The van der Waals surface area contributed by atoms with Crippen LogP contribution in [0.4, 0.5) is 5.82 Å². The van der Waals surface area contributed by atoms with Crippen LogP contribution in [-0.4, -0.2) is 58.4 Å². The van der Waals surface area contributed by atoms with Crippen molar-refractivity contribution < 1.29 is 14.2 Å². The van der Waals surface area contributed by atoms with E-state index in [0.717, 1.165) is 31.7 Å². The second kappa shape index (κ2) is 6.20. The molecule has 2 aromatic heterocycles. The fraction of sp³-hybridized carbons (Fsp3) is 0.500. The predicted molar refractivity (Wildman–Crippen MR) is 85.2 cm³/mol. The first kappa shape index (κ1) is 15.1. The van der Waals surface area contributed by atoms with E-state index in [-0.39, 0.29) is 11.7 Å². The van der Waals surface area contributed by atoms with Gasteiger partial charge in [-0.1, -0.05) is 0 Å². The van der Waals surface area contributed by atoms with Gasteiger partial charge >= 0.3 is 0 Å². The molecule has 126 valence electrons. The lowest BCUT2D eigenvalue weighted by Crippen LogP contribution is -2.66. The number of hydrogen-bond donors (Lipinski definition) is 0. The van der Waals surface area contributed by atoms with Crippen LogP contribution in [0.3, 0.4) is 0 Å². The van der Waals surface area contributed by atoms with Crippen molar-refractivity contribution in [2.75, 3.05) is 31.7 Å². The number of methoxy groups -OCH3 is 1. The van der Waals surface area contributed by atoms with E-state index in [9.17, 15) is 0 Å². The van der Waals surface area contributed by atoms with Gasteiger partial charge < -0.3 is 19.1 Å². The van der Waals surface area contributed by atoms with Crippen LogP contribution in [0.5, 0.6) is 11.8 Å². The van der Waals surface area contributed by atoms with Crippen molar-refractivity contribution >= 4 is 5.82 Å². The van der Waals surface area contributed by atoms with Gasteiger partial charge in [0.25, 0.3) is 0 Å². The van der Waals surface area contributed by atoms with Crippen molar-refractivity contribution in [1.82, 2.24) is 19.9 Å². The van der Waals surface area contributed by atoms with Crippen LogP contribution in [0.25, 0.3) is 0 Å². The average molecular weight is 329 g/mol. The molecule has 1 atom stereocenters. The smallest absolute Gasteiger partial charge is 0.232 e. The first-order chi connectivity index (χ1) is 11.8. The second-order valence-corrected chi connectivity index (χ2v) is 6.08. The Morgan fingerprint density at radius 3 is 2.92 bits per heavy atom. The number of aromatic nitrogens is 4. The minimum absolute atomic E-state index is 0.0949. The third-order valence-electron chi connectivity index (χ3n) is 4.39. The Balaban J connectivity index is 1.38. The first-order valence-corrected chi connectivity index (χ1v) is 7.94. The van der Waals surface area contributed by atoms with Crippen LogP contribution >= 0.6 is 0 Å². The Morgan fingerprint density at radius 1 is 1.21 bits per heavy atom. The van der Waals surface area contributed by atoms with Crippen LogP contribution in [0.1, 0.15) is 12.8 Å². The van der Waals surface area contributed by atoms with Crippen LogP contribution in [-0.2, 0) is 4.74 Å². The maximum atomic E-state index is 6.05. The number of rotatable bonds is 4. The van der Waals surface area contributed by atoms with Gasteiger partial charge in [0.1, 0.15) is 23.9 Å². The van der Waals surface area contributed by atoms with Gasteiger partial charge in [-0.2, -0.15) is 0 Å². The number of ether oxygens (including phenoxy) is 3. The van der Waals surface area contributed by atoms with Gasteiger partial charge in [0, 0.05) is 31.3 Å². The molecule has 0 radical (unpaired) electrons. The van der Waals surface area contributed by atoms with E-state index in [1.165, 1.54) is 6.33 Å². The van der Waals surface area contributed by atoms with Gasteiger partial charge in [0.2, 0.25) is 11.8 Å². The van der Waals surface area contributed by atoms with E-state index in [0.29, 0.717) is 18.4 Å². The van der Waals surface area contributed by atoms with E-state index in [4.69, 9.17) is 14.2 Å². The van der Waals surface area contributed by atoms with Gasteiger partial charge in [-0.15, -0.1) is 0 Å². The molecular formula is C16H19N5O3. The molecule has 8 nitrogen and oxygen atoms in total. The first-order valence-electron chi connectivity index (χ1n) is 7.94. The summed E-state index contributed by atoms with van der Waals surface area (Å²) in [6, 6.07) is 1.84. The van der Waals surface area contributed by atoms with E-state index in [1.54, 1.807) is 25.7 Å². The molecule has 1 spiro atoms. The highest BCUT2D eigenvalue weighted by atomic mass is 16.5. The molecule has 0 amide bonds.